The zero-order chi connectivity index (χ0) is 20.3. The van der Waals surface area contributed by atoms with Gasteiger partial charge in [-0.3, -0.25) is 4.99 Å². The van der Waals surface area contributed by atoms with Gasteiger partial charge in [-0.2, -0.15) is 8.42 Å². The van der Waals surface area contributed by atoms with E-state index >= 15 is 0 Å². The molecule has 144 valence electrons. The van der Waals surface area contributed by atoms with Crippen molar-refractivity contribution in [1.82, 2.24) is 0 Å². The third-order valence-corrected chi connectivity index (χ3v) is 6.41. The number of aliphatic imine (C=N–C) groups is 1. The molecule has 0 aliphatic heterocycles. The van der Waals surface area contributed by atoms with Crippen molar-refractivity contribution in [2.75, 3.05) is 0 Å². The second-order valence-electron chi connectivity index (χ2n) is 6.21. The smallest absolute Gasteiger partial charge is 0.339 e. The average molecular weight is 523 g/mol. The van der Waals surface area contributed by atoms with Crippen LogP contribution in [0.5, 0.6) is 5.75 Å². The Hall–Kier alpha value is -1.96. The molecule has 0 saturated carbocycles. The van der Waals surface area contributed by atoms with E-state index in [0.717, 1.165) is 22.4 Å². The van der Waals surface area contributed by atoms with Crippen LogP contribution >= 0.6 is 31.9 Å². The molecule has 0 fully saturated rings. The van der Waals surface area contributed by atoms with E-state index in [-0.39, 0.29) is 10.6 Å². The van der Waals surface area contributed by atoms with Crippen LogP contribution in [0, 0.1) is 13.8 Å². The second-order valence-corrected chi connectivity index (χ2v) is 9.46. The fourth-order valence-electron chi connectivity index (χ4n) is 2.45. The second kappa shape index (κ2) is 8.59. The van der Waals surface area contributed by atoms with Gasteiger partial charge in [-0.15, -0.1) is 0 Å². The fraction of sp³-hybridized carbons (Fsp3) is 0.0952. The van der Waals surface area contributed by atoms with Gasteiger partial charge in [-0.05, 0) is 87.2 Å². The Bertz CT molecular complexity index is 1120. The van der Waals surface area contributed by atoms with Gasteiger partial charge in [0.15, 0.2) is 5.75 Å². The summed E-state index contributed by atoms with van der Waals surface area (Å²) in [6, 6.07) is 17.8. The summed E-state index contributed by atoms with van der Waals surface area (Å²) in [5, 5.41) is 0. The molecule has 0 aromatic heterocycles. The molecular weight excluding hydrogens is 506 g/mol. The monoisotopic (exact) mass is 521 g/mol. The first kappa shape index (κ1) is 20.8. The van der Waals surface area contributed by atoms with E-state index in [2.05, 4.69) is 36.9 Å². The lowest BCUT2D eigenvalue weighted by atomic mass is 10.2. The maximum absolute atomic E-state index is 12.6. The topological polar surface area (TPSA) is 55.7 Å². The largest absolute Gasteiger partial charge is 0.377 e. The van der Waals surface area contributed by atoms with Crippen LogP contribution in [-0.2, 0) is 10.1 Å². The van der Waals surface area contributed by atoms with Gasteiger partial charge >= 0.3 is 10.1 Å². The van der Waals surface area contributed by atoms with E-state index in [0.29, 0.717) is 8.95 Å². The van der Waals surface area contributed by atoms with E-state index in [4.69, 9.17) is 4.18 Å². The normalized spacial score (nSPS) is 11.7. The van der Waals surface area contributed by atoms with Crippen molar-refractivity contribution in [3.63, 3.8) is 0 Å². The Morgan fingerprint density at radius 3 is 2.14 bits per heavy atom. The highest BCUT2D eigenvalue weighted by molar-refractivity contribution is 9.11. The highest BCUT2D eigenvalue weighted by Crippen LogP contribution is 2.36. The van der Waals surface area contributed by atoms with Gasteiger partial charge in [0, 0.05) is 6.21 Å². The minimum atomic E-state index is -3.94. The van der Waals surface area contributed by atoms with Gasteiger partial charge in [0.05, 0.1) is 14.6 Å². The molecule has 0 N–H and O–H groups in total. The Balaban J connectivity index is 1.88. The molecule has 7 heteroatoms. The average Bonchev–Trinajstić information content (AvgIpc) is 2.64. The Kier molecular flexibility index (Phi) is 6.37. The van der Waals surface area contributed by atoms with Crippen LogP contribution in [0.25, 0.3) is 0 Å². The van der Waals surface area contributed by atoms with E-state index < -0.39 is 10.1 Å². The zero-order valence-corrected chi connectivity index (χ0v) is 19.2. The van der Waals surface area contributed by atoms with Crippen molar-refractivity contribution in [2.24, 2.45) is 4.99 Å². The van der Waals surface area contributed by atoms with Crippen LogP contribution in [0.4, 0.5) is 5.69 Å². The third kappa shape index (κ3) is 4.90. The maximum Gasteiger partial charge on any atom is 0.339 e. The summed E-state index contributed by atoms with van der Waals surface area (Å²) in [6.07, 6.45) is 1.72. The number of halogens is 2. The number of hydrogen-bond donors (Lipinski definition) is 0. The molecule has 0 amide bonds. The van der Waals surface area contributed by atoms with Gasteiger partial charge in [0.1, 0.15) is 4.90 Å². The molecule has 0 unspecified atom stereocenters. The molecule has 28 heavy (non-hydrogen) atoms. The molecule has 0 saturated heterocycles. The van der Waals surface area contributed by atoms with Crippen LogP contribution in [-0.4, -0.2) is 14.6 Å². The lowest BCUT2D eigenvalue weighted by Crippen LogP contribution is -2.10. The number of hydrogen-bond acceptors (Lipinski definition) is 4. The zero-order valence-electron chi connectivity index (χ0n) is 15.2. The van der Waals surface area contributed by atoms with Crippen LogP contribution in [0.3, 0.4) is 0 Å². The number of aryl methyl sites for hydroxylation is 2. The predicted molar refractivity (Wildman–Crippen MR) is 119 cm³/mol. The van der Waals surface area contributed by atoms with Crippen LogP contribution in [0.2, 0.25) is 0 Å². The predicted octanol–water partition coefficient (Wildman–Crippen LogP) is 6.35. The van der Waals surface area contributed by atoms with Gasteiger partial charge in [0.2, 0.25) is 0 Å². The van der Waals surface area contributed by atoms with Crippen LogP contribution in [0.1, 0.15) is 16.7 Å². The molecule has 0 bridgehead atoms. The maximum atomic E-state index is 12.6. The van der Waals surface area contributed by atoms with E-state index in [1.54, 1.807) is 30.5 Å². The van der Waals surface area contributed by atoms with Crippen LogP contribution < -0.4 is 4.18 Å². The minimum Gasteiger partial charge on any atom is -0.377 e. The molecule has 3 aromatic rings. The van der Waals surface area contributed by atoms with Crippen molar-refractivity contribution in [1.29, 1.82) is 0 Å². The molecule has 0 aliphatic carbocycles. The minimum absolute atomic E-state index is 0.0992. The lowest BCUT2D eigenvalue weighted by Gasteiger charge is -2.11. The van der Waals surface area contributed by atoms with Gasteiger partial charge in [-0.1, -0.05) is 35.9 Å². The first-order chi connectivity index (χ1) is 13.3. The third-order valence-electron chi connectivity index (χ3n) is 3.99. The van der Waals surface area contributed by atoms with Gasteiger partial charge in [-0.25, -0.2) is 0 Å². The van der Waals surface area contributed by atoms with Gasteiger partial charge in [0.25, 0.3) is 0 Å². The number of benzene rings is 3. The quantitative estimate of drug-likeness (QED) is 0.290. The molecule has 0 spiro atoms. The summed E-state index contributed by atoms with van der Waals surface area (Å²) in [4.78, 5) is 4.59. The molecule has 0 radical (unpaired) electrons. The van der Waals surface area contributed by atoms with Gasteiger partial charge < -0.3 is 4.18 Å². The fourth-order valence-corrected chi connectivity index (χ4v) is 5.01. The van der Waals surface area contributed by atoms with Crippen molar-refractivity contribution in [2.45, 2.75) is 18.7 Å². The molecule has 4 nitrogen and oxygen atoms in total. The van der Waals surface area contributed by atoms with E-state index in [9.17, 15) is 8.42 Å². The van der Waals surface area contributed by atoms with Crippen molar-refractivity contribution >= 4 is 53.9 Å². The molecule has 0 atom stereocenters. The summed E-state index contributed by atoms with van der Waals surface area (Å²) in [6.45, 7) is 3.88. The lowest BCUT2D eigenvalue weighted by molar-refractivity contribution is 0.483. The van der Waals surface area contributed by atoms with Crippen molar-refractivity contribution in [3.05, 3.63) is 86.3 Å². The summed E-state index contributed by atoms with van der Waals surface area (Å²) < 4.78 is 31.5. The summed E-state index contributed by atoms with van der Waals surface area (Å²) in [5.74, 6) is 0.189. The number of para-hydroxylation sites is 1. The Morgan fingerprint density at radius 1 is 0.929 bits per heavy atom. The SMILES string of the molecule is Cc1ccc(S(=O)(=O)Oc2c(Br)cc(C=Nc3ccccc3C)cc2Br)cc1. The van der Waals surface area contributed by atoms with Crippen LogP contribution in [0.15, 0.2) is 79.5 Å². The first-order valence-corrected chi connectivity index (χ1v) is 11.4. The van der Waals surface area contributed by atoms with Crippen molar-refractivity contribution < 1.29 is 12.6 Å². The highest BCUT2D eigenvalue weighted by atomic mass is 79.9. The summed E-state index contributed by atoms with van der Waals surface area (Å²) in [5.41, 5.74) is 3.71. The number of nitrogens with zero attached hydrogens (tertiary/aromatic N) is 1. The Morgan fingerprint density at radius 2 is 1.54 bits per heavy atom. The summed E-state index contributed by atoms with van der Waals surface area (Å²) in [7, 11) is -3.94. The molecule has 3 rings (SSSR count). The number of rotatable bonds is 5. The molecular formula is C21H17Br2NO3S. The van der Waals surface area contributed by atoms with E-state index in [1.165, 1.54) is 12.1 Å². The molecule has 3 aromatic carbocycles. The Labute approximate surface area is 181 Å². The molecule has 0 heterocycles. The van der Waals surface area contributed by atoms with E-state index in [1.807, 2.05) is 38.1 Å². The first-order valence-electron chi connectivity index (χ1n) is 8.36. The standard InChI is InChI=1S/C21H17Br2NO3S/c1-14-7-9-17(10-8-14)28(25,26)27-21-18(22)11-16(12-19(21)23)13-24-20-6-4-3-5-15(20)2/h3-13H,1-2H3. The summed E-state index contributed by atoms with van der Waals surface area (Å²) >= 11 is 6.79. The van der Waals surface area contributed by atoms with Crippen molar-refractivity contribution in [3.8, 4) is 5.75 Å². The highest BCUT2D eigenvalue weighted by Gasteiger charge is 2.20. The molecule has 0 aliphatic rings.